The molecule has 1 aromatic carbocycles. The molecule has 0 bridgehead atoms. The molecule has 1 heterocycles. The maximum atomic E-state index is 12.1. The maximum Gasteiger partial charge on any atom is 0.227 e. The molecule has 6 heteroatoms. The van der Waals surface area contributed by atoms with E-state index in [-0.39, 0.29) is 17.7 Å². The fourth-order valence-corrected chi connectivity index (χ4v) is 3.00. The summed E-state index contributed by atoms with van der Waals surface area (Å²) in [5.74, 6) is 0.326. The van der Waals surface area contributed by atoms with E-state index in [1.54, 1.807) is 0 Å². The summed E-state index contributed by atoms with van der Waals surface area (Å²) >= 11 is 0. The van der Waals surface area contributed by atoms with Crippen LogP contribution >= 0.6 is 0 Å². The lowest BCUT2D eigenvalue weighted by atomic mass is 10.1. The second kappa shape index (κ2) is 7.72. The van der Waals surface area contributed by atoms with Gasteiger partial charge in [0.25, 0.3) is 0 Å². The van der Waals surface area contributed by atoms with E-state index < -0.39 is 0 Å². The predicted octanol–water partition coefficient (Wildman–Crippen LogP) is 2.63. The van der Waals surface area contributed by atoms with Crippen molar-refractivity contribution in [2.24, 2.45) is 13.0 Å². The topological polar surface area (TPSA) is 76.0 Å². The molecule has 1 aliphatic carbocycles. The van der Waals surface area contributed by atoms with Crippen molar-refractivity contribution in [1.29, 1.82) is 0 Å². The Kier molecular flexibility index (Phi) is 5.40. The molecule has 0 unspecified atom stereocenters. The van der Waals surface area contributed by atoms with Crippen molar-refractivity contribution in [3.05, 3.63) is 46.8 Å². The fraction of sp³-hybridized carbons (Fsp3) is 0.450. The van der Waals surface area contributed by atoms with Gasteiger partial charge in [-0.1, -0.05) is 12.1 Å². The van der Waals surface area contributed by atoms with E-state index in [0.29, 0.717) is 19.4 Å². The van der Waals surface area contributed by atoms with Crippen LogP contribution in [0.2, 0.25) is 0 Å². The minimum absolute atomic E-state index is 0.0266. The predicted molar refractivity (Wildman–Crippen MR) is 101 cm³/mol. The fourth-order valence-electron chi connectivity index (χ4n) is 3.00. The molecule has 1 saturated carbocycles. The largest absolute Gasteiger partial charge is 0.352 e. The van der Waals surface area contributed by atoms with Crippen LogP contribution in [0.1, 0.15) is 41.8 Å². The van der Waals surface area contributed by atoms with E-state index in [0.717, 1.165) is 41.0 Å². The zero-order valence-corrected chi connectivity index (χ0v) is 15.6. The summed E-state index contributed by atoms with van der Waals surface area (Å²) in [4.78, 5) is 23.9. The van der Waals surface area contributed by atoms with Crippen molar-refractivity contribution >= 4 is 17.5 Å². The van der Waals surface area contributed by atoms with Crippen molar-refractivity contribution in [3.8, 4) is 0 Å². The van der Waals surface area contributed by atoms with Crippen molar-refractivity contribution < 1.29 is 9.59 Å². The number of carbonyl (C=O) groups excluding carboxylic acids is 2. The number of nitrogens with one attached hydrogen (secondary N) is 2. The highest BCUT2D eigenvalue weighted by Gasteiger charge is 2.29. The Labute approximate surface area is 154 Å². The molecule has 2 N–H and O–H groups in total. The lowest BCUT2D eigenvalue weighted by Gasteiger charge is -2.08. The molecule has 138 valence electrons. The van der Waals surface area contributed by atoms with Crippen LogP contribution < -0.4 is 10.6 Å². The molecule has 6 nitrogen and oxygen atoms in total. The highest BCUT2D eigenvalue weighted by atomic mass is 16.2. The molecule has 2 aromatic rings. The Morgan fingerprint density at radius 3 is 2.46 bits per heavy atom. The van der Waals surface area contributed by atoms with E-state index in [1.807, 2.05) is 49.8 Å². The van der Waals surface area contributed by atoms with E-state index in [9.17, 15) is 9.59 Å². The second-order valence-electron chi connectivity index (χ2n) is 7.01. The Bertz CT molecular complexity index is 804. The third-order valence-corrected chi connectivity index (χ3v) is 4.92. The van der Waals surface area contributed by atoms with Crippen LogP contribution in [0.15, 0.2) is 24.3 Å². The van der Waals surface area contributed by atoms with Crippen LogP contribution in [-0.4, -0.2) is 21.6 Å². The Balaban J connectivity index is 1.44. The molecule has 0 aliphatic heterocycles. The second-order valence-corrected chi connectivity index (χ2v) is 7.01. The quantitative estimate of drug-likeness (QED) is 0.802. The van der Waals surface area contributed by atoms with E-state index in [2.05, 4.69) is 15.7 Å². The number of nitrogens with zero attached hydrogens (tertiary/aromatic N) is 2. The van der Waals surface area contributed by atoms with Crippen molar-refractivity contribution in [2.45, 2.75) is 46.1 Å². The molecular formula is C20H26N4O2. The average Bonchev–Trinajstić information content (AvgIpc) is 3.42. The van der Waals surface area contributed by atoms with Gasteiger partial charge < -0.3 is 10.6 Å². The van der Waals surface area contributed by atoms with Gasteiger partial charge in [0.2, 0.25) is 11.8 Å². The summed E-state index contributed by atoms with van der Waals surface area (Å²) in [6.07, 6.45) is 3.13. The minimum atomic E-state index is 0.0266. The lowest BCUT2D eigenvalue weighted by molar-refractivity contribution is -0.121. The van der Waals surface area contributed by atoms with Gasteiger partial charge in [0.05, 0.1) is 5.69 Å². The summed E-state index contributed by atoms with van der Waals surface area (Å²) in [5.41, 5.74) is 5.06. The number of benzene rings is 1. The van der Waals surface area contributed by atoms with Crippen LogP contribution in [0.5, 0.6) is 0 Å². The van der Waals surface area contributed by atoms with Crippen LogP contribution in [-0.2, 0) is 29.6 Å². The number of carbonyl (C=O) groups is 2. The molecule has 2 amide bonds. The Morgan fingerprint density at radius 1 is 1.19 bits per heavy atom. The van der Waals surface area contributed by atoms with Gasteiger partial charge in [0.15, 0.2) is 0 Å². The monoisotopic (exact) mass is 354 g/mol. The lowest BCUT2D eigenvalue weighted by Crippen LogP contribution is -2.23. The molecule has 0 saturated heterocycles. The van der Waals surface area contributed by atoms with Gasteiger partial charge in [0.1, 0.15) is 0 Å². The first kappa shape index (κ1) is 18.2. The van der Waals surface area contributed by atoms with Gasteiger partial charge in [-0.15, -0.1) is 0 Å². The van der Waals surface area contributed by atoms with E-state index >= 15 is 0 Å². The molecule has 0 atom stereocenters. The van der Waals surface area contributed by atoms with Gasteiger partial charge in [0, 0.05) is 37.3 Å². The van der Waals surface area contributed by atoms with Crippen molar-refractivity contribution in [2.75, 3.05) is 5.32 Å². The molecular weight excluding hydrogens is 328 g/mol. The zero-order chi connectivity index (χ0) is 18.7. The smallest absolute Gasteiger partial charge is 0.227 e. The number of rotatable bonds is 7. The highest BCUT2D eigenvalue weighted by molar-refractivity contribution is 5.94. The molecule has 1 fully saturated rings. The zero-order valence-electron chi connectivity index (χ0n) is 15.6. The first-order chi connectivity index (χ1) is 12.4. The van der Waals surface area contributed by atoms with E-state index in [4.69, 9.17) is 0 Å². The van der Waals surface area contributed by atoms with Gasteiger partial charge >= 0.3 is 0 Å². The van der Waals surface area contributed by atoms with Crippen LogP contribution in [0.3, 0.4) is 0 Å². The Morgan fingerprint density at radius 2 is 1.88 bits per heavy atom. The molecule has 26 heavy (non-hydrogen) atoms. The molecule has 3 rings (SSSR count). The summed E-state index contributed by atoms with van der Waals surface area (Å²) in [6.45, 7) is 4.49. The first-order valence-corrected chi connectivity index (χ1v) is 9.09. The van der Waals surface area contributed by atoms with Crippen molar-refractivity contribution in [3.63, 3.8) is 0 Å². The molecule has 1 aromatic heterocycles. The van der Waals surface area contributed by atoms with E-state index in [1.165, 1.54) is 0 Å². The van der Waals surface area contributed by atoms with Gasteiger partial charge in [-0.05, 0) is 56.4 Å². The number of aryl methyl sites for hydroxylation is 2. The Hall–Kier alpha value is -2.63. The third-order valence-electron chi connectivity index (χ3n) is 4.92. The molecule has 0 radical (unpaired) electrons. The first-order valence-electron chi connectivity index (χ1n) is 9.09. The molecule has 0 spiro atoms. The minimum Gasteiger partial charge on any atom is -0.352 e. The number of anilines is 1. The van der Waals surface area contributed by atoms with Crippen LogP contribution in [0.4, 0.5) is 5.69 Å². The van der Waals surface area contributed by atoms with Crippen LogP contribution in [0, 0.1) is 19.8 Å². The highest BCUT2D eigenvalue weighted by Crippen LogP contribution is 2.30. The number of hydrogen-bond acceptors (Lipinski definition) is 3. The average molecular weight is 354 g/mol. The summed E-state index contributed by atoms with van der Waals surface area (Å²) < 4.78 is 1.85. The summed E-state index contributed by atoms with van der Waals surface area (Å²) in [7, 11) is 1.92. The summed E-state index contributed by atoms with van der Waals surface area (Å²) in [5, 5.41) is 10.2. The van der Waals surface area contributed by atoms with Gasteiger partial charge in [-0.3, -0.25) is 14.3 Å². The van der Waals surface area contributed by atoms with Crippen molar-refractivity contribution in [1.82, 2.24) is 15.1 Å². The van der Waals surface area contributed by atoms with Crippen LogP contribution in [0.25, 0.3) is 0 Å². The number of hydrogen-bond donors (Lipinski definition) is 2. The number of aromatic nitrogens is 2. The standard InChI is InChI=1S/C20H26N4O2/c1-13-18(14(2)24(3)23-13)10-11-19(25)21-12-15-4-8-17(9-5-15)22-20(26)16-6-7-16/h4-5,8-9,16H,6-7,10-12H2,1-3H3,(H,21,25)(H,22,26). The third kappa shape index (κ3) is 4.50. The van der Waals surface area contributed by atoms with Gasteiger partial charge in [-0.2, -0.15) is 5.10 Å². The summed E-state index contributed by atoms with van der Waals surface area (Å²) in [6, 6.07) is 7.62. The van der Waals surface area contributed by atoms with Gasteiger partial charge in [-0.25, -0.2) is 0 Å². The normalized spacial score (nSPS) is 13.5. The number of amides is 2. The SMILES string of the molecule is Cc1nn(C)c(C)c1CCC(=O)NCc1ccc(NC(=O)C2CC2)cc1. The molecule has 1 aliphatic rings. The maximum absolute atomic E-state index is 12.1.